The SMILES string of the molecule is CCOC(=O)c1ccc(NC(=O)C(N)C2CCOCC2)cc1. The Balaban J connectivity index is 1.92. The predicted octanol–water partition coefficient (Wildman–Crippen LogP) is 1.56. The molecular formula is C16H22N2O4. The molecule has 0 bridgehead atoms. The molecule has 0 aromatic heterocycles. The van der Waals surface area contributed by atoms with Crippen LogP contribution in [0.3, 0.4) is 0 Å². The summed E-state index contributed by atoms with van der Waals surface area (Å²) in [6.45, 7) is 3.39. The molecule has 1 aromatic carbocycles. The fourth-order valence-electron chi connectivity index (χ4n) is 2.42. The Labute approximate surface area is 130 Å². The van der Waals surface area contributed by atoms with E-state index in [-0.39, 0.29) is 17.8 Å². The third kappa shape index (κ3) is 4.29. The van der Waals surface area contributed by atoms with Gasteiger partial charge in [0, 0.05) is 18.9 Å². The van der Waals surface area contributed by atoms with Gasteiger partial charge in [-0.2, -0.15) is 0 Å². The zero-order chi connectivity index (χ0) is 15.9. The van der Waals surface area contributed by atoms with Crippen LogP contribution in [0.4, 0.5) is 5.69 Å². The van der Waals surface area contributed by atoms with Crippen LogP contribution >= 0.6 is 0 Å². The molecule has 3 N–H and O–H groups in total. The highest BCUT2D eigenvalue weighted by atomic mass is 16.5. The second-order valence-corrected chi connectivity index (χ2v) is 5.26. The van der Waals surface area contributed by atoms with Gasteiger partial charge in [0.25, 0.3) is 0 Å². The molecule has 120 valence electrons. The Morgan fingerprint density at radius 3 is 2.55 bits per heavy atom. The van der Waals surface area contributed by atoms with Gasteiger partial charge < -0.3 is 20.5 Å². The van der Waals surface area contributed by atoms with Crippen LogP contribution in [-0.4, -0.2) is 37.7 Å². The standard InChI is InChI=1S/C16H22N2O4/c1-2-22-16(20)12-3-5-13(6-4-12)18-15(19)14(17)11-7-9-21-10-8-11/h3-6,11,14H,2,7-10,17H2,1H3,(H,18,19). The number of hydrogen-bond acceptors (Lipinski definition) is 5. The molecule has 1 saturated heterocycles. The molecule has 1 heterocycles. The van der Waals surface area contributed by atoms with Crippen molar-refractivity contribution in [2.24, 2.45) is 11.7 Å². The first kappa shape index (κ1) is 16.5. The van der Waals surface area contributed by atoms with Crippen LogP contribution in [-0.2, 0) is 14.3 Å². The van der Waals surface area contributed by atoms with E-state index in [2.05, 4.69) is 5.32 Å². The van der Waals surface area contributed by atoms with E-state index in [1.165, 1.54) is 0 Å². The second kappa shape index (κ2) is 7.91. The smallest absolute Gasteiger partial charge is 0.338 e. The Kier molecular flexibility index (Phi) is 5.91. The molecule has 1 amide bonds. The van der Waals surface area contributed by atoms with Crippen LogP contribution in [0.15, 0.2) is 24.3 Å². The summed E-state index contributed by atoms with van der Waals surface area (Å²) in [5.41, 5.74) is 7.08. The molecule has 6 heteroatoms. The summed E-state index contributed by atoms with van der Waals surface area (Å²) in [5, 5.41) is 2.78. The van der Waals surface area contributed by atoms with Crippen LogP contribution in [0.5, 0.6) is 0 Å². The van der Waals surface area contributed by atoms with E-state index < -0.39 is 6.04 Å². The molecule has 2 rings (SSSR count). The van der Waals surface area contributed by atoms with E-state index >= 15 is 0 Å². The molecule has 22 heavy (non-hydrogen) atoms. The summed E-state index contributed by atoms with van der Waals surface area (Å²) in [7, 11) is 0. The largest absolute Gasteiger partial charge is 0.462 e. The zero-order valence-corrected chi connectivity index (χ0v) is 12.7. The fourth-order valence-corrected chi connectivity index (χ4v) is 2.42. The summed E-state index contributed by atoms with van der Waals surface area (Å²) in [4.78, 5) is 23.7. The van der Waals surface area contributed by atoms with Gasteiger partial charge in [-0.15, -0.1) is 0 Å². The Morgan fingerprint density at radius 1 is 1.32 bits per heavy atom. The first-order valence-electron chi connectivity index (χ1n) is 7.53. The molecule has 1 aliphatic heterocycles. The molecule has 0 aliphatic carbocycles. The number of carbonyl (C=O) groups is 2. The number of nitrogens with one attached hydrogen (secondary N) is 1. The van der Waals surface area contributed by atoms with Gasteiger partial charge in [-0.1, -0.05) is 0 Å². The molecule has 6 nitrogen and oxygen atoms in total. The zero-order valence-electron chi connectivity index (χ0n) is 12.7. The molecule has 0 saturated carbocycles. The number of esters is 1. The summed E-state index contributed by atoms with van der Waals surface area (Å²) >= 11 is 0. The van der Waals surface area contributed by atoms with Gasteiger partial charge in [-0.3, -0.25) is 4.79 Å². The number of ether oxygens (including phenoxy) is 2. The lowest BCUT2D eigenvalue weighted by atomic mass is 9.92. The van der Waals surface area contributed by atoms with E-state index in [0.717, 1.165) is 12.8 Å². The van der Waals surface area contributed by atoms with E-state index in [4.69, 9.17) is 15.2 Å². The number of rotatable bonds is 5. The predicted molar refractivity (Wildman–Crippen MR) is 82.5 cm³/mol. The quantitative estimate of drug-likeness (QED) is 0.806. The number of carbonyl (C=O) groups excluding carboxylic acids is 2. The van der Waals surface area contributed by atoms with Gasteiger partial charge in [0.05, 0.1) is 18.2 Å². The minimum absolute atomic E-state index is 0.146. The molecule has 1 fully saturated rings. The maximum Gasteiger partial charge on any atom is 0.338 e. The maximum atomic E-state index is 12.2. The lowest BCUT2D eigenvalue weighted by Crippen LogP contribution is -2.44. The van der Waals surface area contributed by atoms with Crippen LogP contribution in [0.25, 0.3) is 0 Å². The van der Waals surface area contributed by atoms with Crippen molar-refractivity contribution in [3.63, 3.8) is 0 Å². The molecule has 1 aromatic rings. The van der Waals surface area contributed by atoms with Crippen molar-refractivity contribution in [1.29, 1.82) is 0 Å². The minimum Gasteiger partial charge on any atom is -0.462 e. The van der Waals surface area contributed by atoms with Crippen molar-refractivity contribution in [1.82, 2.24) is 0 Å². The first-order chi connectivity index (χ1) is 10.6. The summed E-state index contributed by atoms with van der Waals surface area (Å²) < 4.78 is 10.2. The normalized spacial score (nSPS) is 16.8. The third-order valence-electron chi connectivity index (χ3n) is 3.74. The number of nitrogens with two attached hydrogens (primary N) is 1. The lowest BCUT2D eigenvalue weighted by Gasteiger charge is -2.26. The van der Waals surface area contributed by atoms with E-state index in [1.54, 1.807) is 31.2 Å². The van der Waals surface area contributed by atoms with E-state index in [0.29, 0.717) is 31.1 Å². The molecule has 0 radical (unpaired) electrons. The van der Waals surface area contributed by atoms with Gasteiger partial charge in [-0.05, 0) is 49.9 Å². The Hall–Kier alpha value is -1.92. The number of anilines is 1. The molecule has 1 unspecified atom stereocenters. The van der Waals surface area contributed by atoms with Crippen molar-refractivity contribution in [3.05, 3.63) is 29.8 Å². The molecule has 1 aliphatic rings. The number of hydrogen-bond donors (Lipinski definition) is 2. The highest BCUT2D eigenvalue weighted by Crippen LogP contribution is 2.19. The molecular weight excluding hydrogens is 284 g/mol. The second-order valence-electron chi connectivity index (χ2n) is 5.26. The monoisotopic (exact) mass is 306 g/mol. The van der Waals surface area contributed by atoms with Crippen LogP contribution in [0.1, 0.15) is 30.1 Å². The van der Waals surface area contributed by atoms with E-state index in [1.807, 2.05) is 0 Å². The lowest BCUT2D eigenvalue weighted by molar-refractivity contribution is -0.119. The van der Waals surface area contributed by atoms with Crippen molar-refractivity contribution in [2.45, 2.75) is 25.8 Å². The van der Waals surface area contributed by atoms with Gasteiger partial charge in [0.15, 0.2) is 0 Å². The van der Waals surface area contributed by atoms with Crippen molar-refractivity contribution >= 4 is 17.6 Å². The van der Waals surface area contributed by atoms with Gasteiger partial charge in [0.1, 0.15) is 0 Å². The number of benzene rings is 1. The van der Waals surface area contributed by atoms with Crippen LogP contribution < -0.4 is 11.1 Å². The Morgan fingerprint density at radius 2 is 1.95 bits per heavy atom. The maximum absolute atomic E-state index is 12.2. The van der Waals surface area contributed by atoms with Crippen molar-refractivity contribution in [3.8, 4) is 0 Å². The van der Waals surface area contributed by atoms with Crippen LogP contribution in [0, 0.1) is 5.92 Å². The third-order valence-corrected chi connectivity index (χ3v) is 3.74. The average Bonchev–Trinajstić information content (AvgIpc) is 2.55. The van der Waals surface area contributed by atoms with Gasteiger partial charge >= 0.3 is 5.97 Å². The number of amides is 1. The summed E-state index contributed by atoms with van der Waals surface area (Å²) in [6.07, 6.45) is 1.60. The van der Waals surface area contributed by atoms with Crippen molar-refractivity contribution in [2.75, 3.05) is 25.1 Å². The molecule has 0 spiro atoms. The first-order valence-corrected chi connectivity index (χ1v) is 7.53. The molecule has 1 atom stereocenters. The van der Waals surface area contributed by atoms with Gasteiger partial charge in [-0.25, -0.2) is 4.79 Å². The highest BCUT2D eigenvalue weighted by Gasteiger charge is 2.26. The van der Waals surface area contributed by atoms with E-state index in [9.17, 15) is 9.59 Å². The van der Waals surface area contributed by atoms with Crippen molar-refractivity contribution < 1.29 is 19.1 Å². The summed E-state index contributed by atoms with van der Waals surface area (Å²) in [6, 6.07) is 6.02. The highest BCUT2D eigenvalue weighted by molar-refractivity contribution is 5.95. The average molecular weight is 306 g/mol. The topological polar surface area (TPSA) is 90.7 Å². The summed E-state index contributed by atoms with van der Waals surface area (Å²) in [5.74, 6) is -0.442. The van der Waals surface area contributed by atoms with Crippen LogP contribution in [0.2, 0.25) is 0 Å². The fraction of sp³-hybridized carbons (Fsp3) is 0.500. The minimum atomic E-state index is -0.548. The van der Waals surface area contributed by atoms with Gasteiger partial charge in [0.2, 0.25) is 5.91 Å². The Bertz CT molecular complexity index is 509.